The second kappa shape index (κ2) is 7.20. The highest BCUT2D eigenvalue weighted by Gasteiger charge is 2.20. The summed E-state index contributed by atoms with van der Waals surface area (Å²) in [5.74, 6) is 0.666. The average Bonchev–Trinajstić information content (AvgIpc) is 2.57. The molecule has 4 nitrogen and oxygen atoms in total. The molecule has 110 valence electrons. The molecule has 21 heavy (non-hydrogen) atoms. The Morgan fingerprint density at radius 2 is 1.81 bits per heavy atom. The van der Waals surface area contributed by atoms with Crippen LogP contribution in [0.1, 0.15) is 11.7 Å². The smallest absolute Gasteiger partial charge is 0.213 e. The number of aromatic nitrogens is 1. The third-order valence-corrected chi connectivity index (χ3v) is 3.60. The van der Waals surface area contributed by atoms with Crippen molar-refractivity contribution < 1.29 is 9.47 Å². The quantitative estimate of drug-likeness (QED) is 0.845. The minimum atomic E-state index is -0.0146. The van der Waals surface area contributed by atoms with Crippen molar-refractivity contribution in [2.24, 2.45) is 0 Å². The van der Waals surface area contributed by atoms with Crippen molar-refractivity contribution >= 4 is 0 Å². The Bertz CT molecular complexity index is 527. The zero-order chi connectivity index (χ0) is 14.3. The van der Waals surface area contributed by atoms with Crippen molar-refractivity contribution in [3.8, 4) is 5.88 Å². The lowest BCUT2D eigenvalue weighted by Gasteiger charge is -2.30. The fourth-order valence-electron chi connectivity index (χ4n) is 2.46. The van der Waals surface area contributed by atoms with Gasteiger partial charge in [-0.1, -0.05) is 36.4 Å². The Labute approximate surface area is 125 Å². The zero-order valence-corrected chi connectivity index (χ0v) is 12.0. The van der Waals surface area contributed by atoms with Crippen LogP contribution in [0, 0.1) is 0 Å². The van der Waals surface area contributed by atoms with Crippen molar-refractivity contribution in [1.29, 1.82) is 0 Å². The van der Waals surface area contributed by atoms with Crippen LogP contribution in [-0.4, -0.2) is 42.7 Å². The fraction of sp³-hybridized carbons (Fsp3) is 0.353. The molecule has 0 saturated carbocycles. The summed E-state index contributed by atoms with van der Waals surface area (Å²) in [6.45, 7) is 4.35. The molecule has 1 aliphatic rings. The van der Waals surface area contributed by atoms with Crippen molar-refractivity contribution in [3.63, 3.8) is 0 Å². The standard InChI is InChI=1S/C17H20N2O2/c1-2-6-15(7-3-1)16(14-19-10-12-20-13-11-19)21-17-8-4-5-9-18-17/h1-9,16H,10-14H2/t16-/m0/s1. The second-order valence-corrected chi connectivity index (χ2v) is 5.10. The van der Waals surface area contributed by atoms with Gasteiger partial charge in [0.15, 0.2) is 0 Å². The fourth-order valence-corrected chi connectivity index (χ4v) is 2.46. The summed E-state index contributed by atoms with van der Waals surface area (Å²) < 4.78 is 11.5. The van der Waals surface area contributed by atoms with E-state index in [1.165, 1.54) is 5.56 Å². The molecule has 1 aromatic carbocycles. The first-order chi connectivity index (χ1) is 10.4. The molecule has 0 aliphatic carbocycles. The molecule has 0 bridgehead atoms. The Morgan fingerprint density at radius 1 is 1.05 bits per heavy atom. The van der Waals surface area contributed by atoms with E-state index in [-0.39, 0.29) is 6.10 Å². The van der Waals surface area contributed by atoms with Gasteiger partial charge in [-0.05, 0) is 11.6 Å². The summed E-state index contributed by atoms with van der Waals surface area (Å²) in [6, 6.07) is 16.1. The molecular weight excluding hydrogens is 264 g/mol. The predicted molar refractivity (Wildman–Crippen MR) is 81.3 cm³/mol. The van der Waals surface area contributed by atoms with Gasteiger partial charge in [0.1, 0.15) is 6.10 Å². The number of benzene rings is 1. The first kappa shape index (κ1) is 14.0. The van der Waals surface area contributed by atoms with Crippen LogP contribution in [0.25, 0.3) is 0 Å². The van der Waals surface area contributed by atoms with Gasteiger partial charge in [-0.25, -0.2) is 4.98 Å². The van der Waals surface area contributed by atoms with E-state index in [4.69, 9.17) is 9.47 Å². The Balaban J connectivity index is 1.74. The third kappa shape index (κ3) is 4.03. The van der Waals surface area contributed by atoms with Crippen molar-refractivity contribution in [1.82, 2.24) is 9.88 Å². The van der Waals surface area contributed by atoms with Crippen LogP contribution in [0.3, 0.4) is 0 Å². The highest BCUT2D eigenvalue weighted by atomic mass is 16.5. The maximum Gasteiger partial charge on any atom is 0.213 e. The van der Waals surface area contributed by atoms with E-state index in [2.05, 4.69) is 22.0 Å². The Kier molecular flexibility index (Phi) is 4.82. The van der Waals surface area contributed by atoms with Crippen molar-refractivity contribution in [2.45, 2.75) is 6.10 Å². The second-order valence-electron chi connectivity index (χ2n) is 5.10. The topological polar surface area (TPSA) is 34.6 Å². The summed E-state index contributed by atoms with van der Waals surface area (Å²) in [5.41, 5.74) is 1.18. The normalized spacial score (nSPS) is 17.3. The van der Waals surface area contributed by atoms with Gasteiger partial charge in [0, 0.05) is 31.9 Å². The summed E-state index contributed by atoms with van der Waals surface area (Å²) >= 11 is 0. The van der Waals surface area contributed by atoms with E-state index in [0.29, 0.717) is 5.88 Å². The van der Waals surface area contributed by atoms with Gasteiger partial charge in [-0.3, -0.25) is 4.90 Å². The van der Waals surface area contributed by atoms with E-state index in [9.17, 15) is 0 Å². The molecule has 2 aromatic rings. The number of morpholine rings is 1. The lowest BCUT2D eigenvalue weighted by molar-refractivity contribution is 0.0182. The predicted octanol–water partition coefficient (Wildman–Crippen LogP) is 2.53. The van der Waals surface area contributed by atoms with Gasteiger partial charge in [0.05, 0.1) is 13.2 Å². The SMILES string of the molecule is c1ccc([C@H](CN2CCOCC2)Oc2ccccn2)cc1. The molecule has 3 rings (SSSR count). The van der Waals surface area contributed by atoms with E-state index in [0.717, 1.165) is 32.8 Å². The lowest BCUT2D eigenvalue weighted by Crippen LogP contribution is -2.39. The molecule has 0 spiro atoms. The molecule has 1 fully saturated rings. The molecule has 1 aliphatic heterocycles. The maximum absolute atomic E-state index is 6.11. The van der Waals surface area contributed by atoms with Crippen LogP contribution in [0.4, 0.5) is 0 Å². The molecule has 4 heteroatoms. The van der Waals surface area contributed by atoms with Gasteiger partial charge in [-0.2, -0.15) is 0 Å². The van der Waals surface area contributed by atoms with Gasteiger partial charge in [-0.15, -0.1) is 0 Å². The molecule has 0 unspecified atom stereocenters. The van der Waals surface area contributed by atoms with Gasteiger partial charge < -0.3 is 9.47 Å². The zero-order valence-electron chi connectivity index (χ0n) is 12.0. The summed E-state index contributed by atoms with van der Waals surface area (Å²) in [4.78, 5) is 6.65. The van der Waals surface area contributed by atoms with Gasteiger partial charge in [0.25, 0.3) is 0 Å². The molecule has 1 atom stereocenters. The van der Waals surface area contributed by atoms with E-state index in [1.807, 2.05) is 36.4 Å². The molecule has 1 aromatic heterocycles. The molecule has 1 saturated heterocycles. The van der Waals surface area contributed by atoms with Gasteiger partial charge in [0.2, 0.25) is 5.88 Å². The van der Waals surface area contributed by atoms with Gasteiger partial charge >= 0.3 is 0 Å². The van der Waals surface area contributed by atoms with Crippen LogP contribution >= 0.6 is 0 Å². The monoisotopic (exact) mass is 284 g/mol. The number of rotatable bonds is 5. The molecular formula is C17H20N2O2. The number of hydrogen-bond acceptors (Lipinski definition) is 4. The number of ether oxygens (including phenoxy) is 2. The largest absolute Gasteiger partial charge is 0.468 e. The van der Waals surface area contributed by atoms with Crippen LogP contribution < -0.4 is 4.74 Å². The van der Waals surface area contributed by atoms with Crippen LogP contribution in [0.2, 0.25) is 0 Å². The number of nitrogens with zero attached hydrogens (tertiary/aromatic N) is 2. The first-order valence-electron chi connectivity index (χ1n) is 7.34. The molecule has 0 radical (unpaired) electrons. The molecule has 0 N–H and O–H groups in total. The minimum Gasteiger partial charge on any atom is -0.468 e. The average molecular weight is 284 g/mol. The van der Waals surface area contributed by atoms with E-state index in [1.54, 1.807) is 6.20 Å². The summed E-state index contributed by atoms with van der Waals surface area (Å²) in [6.07, 6.45) is 1.74. The van der Waals surface area contributed by atoms with Crippen LogP contribution in [0.15, 0.2) is 54.7 Å². The number of pyridine rings is 1. The summed E-state index contributed by atoms with van der Waals surface area (Å²) in [5, 5.41) is 0. The van der Waals surface area contributed by atoms with E-state index < -0.39 is 0 Å². The highest BCUT2D eigenvalue weighted by molar-refractivity contribution is 5.20. The Morgan fingerprint density at radius 3 is 2.52 bits per heavy atom. The molecule has 2 heterocycles. The first-order valence-corrected chi connectivity index (χ1v) is 7.34. The summed E-state index contributed by atoms with van der Waals surface area (Å²) in [7, 11) is 0. The van der Waals surface area contributed by atoms with Crippen molar-refractivity contribution in [2.75, 3.05) is 32.8 Å². The van der Waals surface area contributed by atoms with E-state index >= 15 is 0 Å². The maximum atomic E-state index is 6.11. The minimum absolute atomic E-state index is 0.0146. The van der Waals surface area contributed by atoms with Crippen LogP contribution in [0.5, 0.6) is 5.88 Å². The van der Waals surface area contributed by atoms with Crippen molar-refractivity contribution in [3.05, 3.63) is 60.3 Å². The Hall–Kier alpha value is -1.91. The lowest BCUT2D eigenvalue weighted by atomic mass is 10.1. The molecule has 0 amide bonds. The number of hydrogen-bond donors (Lipinski definition) is 0. The van der Waals surface area contributed by atoms with Crippen LogP contribution in [-0.2, 0) is 4.74 Å². The highest BCUT2D eigenvalue weighted by Crippen LogP contribution is 2.21. The third-order valence-electron chi connectivity index (χ3n) is 3.60.